The van der Waals surface area contributed by atoms with Crippen molar-refractivity contribution in [3.8, 4) is 5.75 Å². The Bertz CT molecular complexity index is 773. The van der Waals surface area contributed by atoms with Crippen LogP contribution in [0.2, 0.25) is 5.02 Å². The predicted molar refractivity (Wildman–Crippen MR) is 99.2 cm³/mol. The summed E-state index contributed by atoms with van der Waals surface area (Å²) in [7, 11) is 0. The van der Waals surface area contributed by atoms with Crippen LogP contribution in [0, 0.1) is 0 Å². The Morgan fingerprint density at radius 3 is 2.50 bits per heavy atom. The van der Waals surface area contributed by atoms with Gasteiger partial charge in [-0.3, -0.25) is 0 Å². The zero-order valence-corrected chi connectivity index (χ0v) is 15.3. The van der Waals surface area contributed by atoms with Crippen LogP contribution in [0.25, 0.3) is 0 Å². The Hall–Kier alpha value is -1.75. The van der Waals surface area contributed by atoms with E-state index in [1.54, 1.807) is 6.26 Å². The highest BCUT2D eigenvalue weighted by atomic mass is 79.9. The minimum Gasteiger partial charge on any atom is -0.488 e. The van der Waals surface area contributed by atoms with Gasteiger partial charge < -0.3 is 14.5 Å². The molecule has 1 N–H and O–H groups in total. The molecular weight excluding hydrogens is 390 g/mol. The molecule has 0 amide bonds. The van der Waals surface area contributed by atoms with Crippen molar-refractivity contribution in [2.75, 3.05) is 0 Å². The molecule has 0 unspecified atom stereocenters. The van der Waals surface area contributed by atoms with Crippen molar-refractivity contribution >= 4 is 27.5 Å². The van der Waals surface area contributed by atoms with Gasteiger partial charge in [0.1, 0.15) is 18.1 Å². The Morgan fingerprint density at radius 1 is 1.00 bits per heavy atom. The number of benzene rings is 2. The molecule has 5 heteroatoms. The topological polar surface area (TPSA) is 34.4 Å². The van der Waals surface area contributed by atoms with Gasteiger partial charge >= 0.3 is 0 Å². The first-order valence-corrected chi connectivity index (χ1v) is 8.76. The van der Waals surface area contributed by atoms with Gasteiger partial charge in [0.25, 0.3) is 0 Å². The second kappa shape index (κ2) is 8.38. The lowest BCUT2D eigenvalue weighted by molar-refractivity contribution is 0.304. The van der Waals surface area contributed by atoms with Crippen molar-refractivity contribution < 1.29 is 9.15 Å². The molecule has 1 aromatic heterocycles. The normalized spacial score (nSPS) is 10.8. The number of furan rings is 1. The van der Waals surface area contributed by atoms with E-state index in [2.05, 4.69) is 33.4 Å². The fourth-order valence-electron chi connectivity index (χ4n) is 2.26. The van der Waals surface area contributed by atoms with Crippen LogP contribution in [0.1, 0.15) is 16.9 Å². The van der Waals surface area contributed by atoms with Crippen molar-refractivity contribution in [3.63, 3.8) is 0 Å². The largest absolute Gasteiger partial charge is 0.488 e. The Labute approximate surface area is 154 Å². The van der Waals surface area contributed by atoms with Gasteiger partial charge in [0.05, 0.1) is 17.3 Å². The molecule has 0 aliphatic heterocycles. The number of ether oxygens (including phenoxy) is 1. The molecule has 0 spiro atoms. The first kappa shape index (κ1) is 17.1. The molecule has 24 heavy (non-hydrogen) atoms. The summed E-state index contributed by atoms with van der Waals surface area (Å²) in [6, 6.07) is 17.6. The third kappa shape index (κ3) is 4.87. The number of hydrogen-bond acceptors (Lipinski definition) is 3. The number of rotatable bonds is 7. The van der Waals surface area contributed by atoms with Gasteiger partial charge in [0.2, 0.25) is 0 Å². The SMILES string of the molecule is Clc1ccc(COc2ccc(CNCc3ccco3)cc2Br)cc1. The maximum Gasteiger partial charge on any atom is 0.134 e. The van der Waals surface area contributed by atoms with Crippen LogP contribution < -0.4 is 10.1 Å². The van der Waals surface area contributed by atoms with Gasteiger partial charge in [-0.25, -0.2) is 0 Å². The third-order valence-corrected chi connectivity index (χ3v) is 4.38. The summed E-state index contributed by atoms with van der Waals surface area (Å²) in [6.45, 7) is 1.97. The average Bonchev–Trinajstić information content (AvgIpc) is 3.09. The fourth-order valence-corrected chi connectivity index (χ4v) is 2.92. The van der Waals surface area contributed by atoms with Crippen LogP contribution >= 0.6 is 27.5 Å². The predicted octanol–water partition coefficient (Wildman–Crippen LogP) is 5.56. The molecule has 0 atom stereocenters. The minimum atomic E-state index is 0.506. The number of hydrogen-bond donors (Lipinski definition) is 1. The smallest absolute Gasteiger partial charge is 0.134 e. The maximum absolute atomic E-state index is 5.89. The van der Waals surface area contributed by atoms with Gasteiger partial charge in [0.15, 0.2) is 0 Å². The lowest BCUT2D eigenvalue weighted by Crippen LogP contribution is -2.12. The summed E-state index contributed by atoms with van der Waals surface area (Å²) in [4.78, 5) is 0. The van der Waals surface area contributed by atoms with E-state index in [1.807, 2.05) is 42.5 Å². The number of halogens is 2. The summed E-state index contributed by atoms with van der Waals surface area (Å²) in [6.07, 6.45) is 1.68. The van der Waals surface area contributed by atoms with E-state index in [1.165, 1.54) is 5.56 Å². The maximum atomic E-state index is 5.89. The quantitative estimate of drug-likeness (QED) is 0.557. The Kier molecular flexibility index (Phi) is 5.96. The second-order valence-electron chi connectivity index (χ2n) is 5.36. The summed E-state index contributed by atoms with van der Waals surface area (Å²) in [5, 5.41) is 4.07. The highest BCUT2D eigenvalue weighted by molar-refractivity contribution is 9.10. The highest BCUT2D eigenvalue weighted by Crippen LogP contribution is 2.27. The van der Waals surface area contributed by atoms with Crippen molar-refractivity contribution in [3.05, 3.63) is 87.2 Å². The van der Waals surface area contributed by atoms with E-state index in [4.69, 9.17) is 20.8 Å². The van der Waals surface area contributed by atoms with E-state index in [-0.39, 0.29) is 0 Å². The van der Waals surface area contributed by atoms with Gasteiger partial charge in [-0.1, -0.05) is 29.8 Å². The van der Waals surface area contributed by atoms with Gasteiger partial charge in [-0.05, 0) is 63.5 Å². The summed E-state index contributed by atoms with van der Waals surface area (Å²) in [5.74, 6) is 1.75. The van der Waals surface area contributed by atoms with Crippen molar-refractivity contribution in [2.45, 2.75) is 19.7 Å². The number of nitrogens with one attached hydrogen (secondary N) is 1. The molecule has 0 aliphatic carbocycles. The Balaban J connectivity index is 1.53. The molecule has 0 aliphatic rings. The average molecular weight is 407 g/mol. The van der Waals surface area contributed by atoms with E-state index < -0.39 is 0 Å². The molecule has 1 heterocycles. The van der Waals surface area contributed by atoms with Crippen molar-refractivity contribution in [2.24, 2.45) is 0 Å². The second-order valence-corrected chi connectivity index (χ2v) is 6.65. The lowest BCUT2D eigenvalue weighted by Gasteiger charge is -2.10. The molecule has 3 rings (SSSR count). The monoisotopic (exact) mass is 405 g/mol. The molecule has 3 nitrogen and oxygen atoms in total. The van der Waals surface area contributed by atoms with E-state index in [0.717, 1.165) is 33.1 Å². The molecule has 0 saturated carbocycles. The Morgan fingerprint density at radius 2 is 1.79 bits per heavy atom. The summed E-state index contributed by atoms with van der Waals surface area (Å²) in [5.41, 5.74) is 2.25. The minimum absolute atomic E-state index is 0.506. The van der Waals surface area contributed by atoms with Crippen LogP contribution in [0.15, 0.2) is 69.8 Å². The summed E-state index contributed by atoms with van der Waals surface area (Å²) < 4.78 is 12.1. The summed E-state index contributed by atoms with van der Waals surface area (Å²) >= 11 is 9.46. The van der Waals surface area contributed by atoms with Gasteiger partial charge in [0, 0.05) is 11.6 Å². The van der Waals surface area contributed by atoms with E-state index in [9.17, 15) is 0 Å². The molecule has 0 bridgehead atoms. The highest BCUT2D eigenvalue weighted by Gasteiger charge is 2.04. The standard InChI is InChI=1S/C19H17BrClNO2/c20-18-10-15(11-22-12-17-2-1-9-23-17)5-8-19(18)24-13-14-3-6-16(21)7-4-14/h1-10,22H,11-13H2. The van der Waals surface area contributed by atoms with Gasteiger partial charge in [-0.2, -0.15) is 0 Å². The van der Waals surface area contributed by atoms with Gasteiger partial charge in [-0.15, -0.1) is 0 Å². The molecule has 124 valence electrons. The van der Waals surface area contributed by atoms with E-state index in [0.29, 0.717) is 13.2 Å². The molecular formula is C19H17BrClNO2. The first-order chi connectivity index (χ1) is 11.7. The van der Waals surface area contributed by atoms with Crippen LogP contribution in [0.4, 0.5) is 0 Å². The first-order valence-electron chi connectivity index (χ1n) is 7.59. The zero-order valence-electron chi connectivity index (χ0n) is 13.0. The van der Waals surface area contributed by atoms with E-state index >= 15 is 0 Å². The molecule has 0 saturated heterocycles. The fraction of sp³-hybridized carbons (Fsp3) is 0.158. The lowest BCUT2D eigenvalue weighted by atomic mass is 10.2. The van der Waals surface area contributed by atoms with Crippen LogP contribution in [-0.2, 0) is 19.7 Å². The molecule has 3 aromatic rings. The third-order valence-electron chi connectivity index (χ3n) is 3.51. The molecule has 0 radical (unpaired) electrons. The van der Waals surface area contributed by atoms with Crippen LogP contribution in [0.3, 0.4) is 0 Å². The van der Waals surface area contributed by atoms with Crippen molar-refractivity contribution in [1.29, 1.82) is 0 Å². The zero-order chi connectivity index (χ0) is 16.8. The molecule has 0 fully saturated rings. The molecule has 2 aromatic carbocycles. The van der Waals surface area contributed by atoms with Crippen LogP contribution in [0.5, 0.6) is 5.75 Å². The van der Waals surface area contributed by atoms with Crippen molar-refractivity contribution in [1.82, 2.24) is 5.32 Å². The van der Waals surface area contributed by atoms with Crippen LogP contribution in [-0.4, -0.2) is 0 Å².